The van der Waals surface area contributed by atoms with E-state index in [-0.39, 0.29) is 5.78 Å². The Kier molecular flexibility index (Phi) is 2.37. The first-order valence-electron chi connectivity index (χ1n) is 4.69. The number of carbonyl (C=O) groups is 1. The molecule has 2 rings (SSSR count). The number of hydrogen-bond acceptors (Lipinski definition) is 3. The summed E-state index contributed by atoms with van der Waals surface area (Å²) in [6.07, 6.45) is 4.78. The lowest BCUT2D eigenvalue weighted by Crippen LogP contribution is -2.04. The number of pyridine rings is 1. The molecule has 0 radical (unpaired) electrons. The van der Waals surface area contributed by atoms with Gasteiger partial charge in [0.1, 0.15) is 5.76 Å². The molecule has 0 amide bonds. The number of hydrogen-bond donors (Lipinski definition) is 0. The van der Waals surface area contributed by atoms with Gasteiger partial charge in [-0.25, -0.2) is 0 Å². The lowest BCUT2D eigenvalue weighted by atomic mass is 10.0. The predicted octanol–water partition coefficient (Wildman–Crippen LogP) is 2.52. The van der Waals surface area contributed by atoms with Gasteiger partial charge in [0, 0.05) is 18.0 Å². The van der Waals surface area contributed by atoms with E-state index >= 15 is 0 Å². The van der Waals surface area contributed by atoms with Crippen LogP contribution in [0.3, 0.4) is 0 Å². The van der Waals surface area contributed by atoms with E-state index in [0.29, 0.717) is 16.9 Å². The molecule has 0 aromatic carbocycles. The molecule has 0 aliphatic carbocycles. The molecule has 3 heteroatoms. The summed E-state index contributed by atoms with van der Waals surface area (Å²) < 4.78 is 5.11. The Bertz CT molecular complexity index is 500. The molecule has 3 nitrogen and oxygen atoms in total. The minimum atomic E-state index is -0.0353. The van der Waals surface area contributed by atoms with Crippen molar-refractivity contribution >= 4 is 5.78 Å². The standard InChI is InChI=1S/C12H11NO2/c1-8-3-5-13-7-11(8)12(14)10-4-6-15-9(10)2/h3-7H,1-2H3. The van der Waals surface area contributed by atoms with Gasteiger partial charge in [-0.3, -0.25) is 9.78 Å². The Morgan fingerprint density at radius 2 is 2.07 bits per heavy atom. The zero-order valence-corrected chi connectivity index (χ0v) is 8.65. The van der Waals surface area contributed by atoms with Gasteiger partial charge in [0.15, 0.2) is 5.78 Å². The van der Waals surface area contributed by atoms with Gasteiger partial charge in [0.2, 0.25) is 0 Å². The van der Waals surface area contributed by atoms with Crippen molar-refractivity contribution in [2.24, 2.45) is 0 Å². The van der Waals surface area contributed by atoms with Crippen molar-refractivity contribution in [1.82, 2.24) is 4.98 Å². The number of nitrogens with zero attached hydrogens (tertiary/aromatic N) is 1. The third kappa shape index (κ3) is 1.68. The summed E-state index contributed by atoms with van der Waals surface area (Å²) in [4.78, 5) is 16.0. The number of aromatic nitrogens is 1. The second-order valence-corrected chi connectivity index (χ2v) is 3.41. The van der Waals surface area contributed by atoms with Gasteiger partial charge < -0.3 is 4.42 Å². The topological polar surface area (TPSA) is 43.1 Å². The second-order valence-electron chi connectivity index (χ2n) is 3.41. The molecule has 0 atom stereocenters. The molecule has 0 saturated carbocycles. The molecule has 2 heterocycles. The van der Waals surface area contributed by atoms with Gasteiger partial charge in [-0.2, -0.15) is 0 Å². The highest BCUT2D eigenvalue weighted by Crippen LogP contribution is 2.16. The molecule has 0 bridgehead atoms. The average molecular weight is 201 g/mol. The van der Waals surface area contributed by atoms with E-state index < -0.39 is 0 Å². The number of rotatable bonds is 2. The Labute approximate surface area is 87.8 Å². The average Bonchev–Trinajstić information content (AvgIpc) is 2.64. The first kappa shape index (κ1) is 9.65. The van der Waals surface area contributed by atoms with Crippen LogP contribution in [-0.4, -0.2) is 10.8 Å². The van der Waals surface area contributed by atoms with E-state index in [0.717, 1.165) is 5.56 Å². The first-order valence-corrected chi connectivity index (χ1v) is 4.69. The molecule has 0 N–H and O–H groups in total. The molecule has 0 aliphatic heterocycles. The predicted molar refractivity (Wildman–Crippen MR) is 55.9 cm³/mol. The van der Waals surface area contributed by atoms with Crippen molar-refractivity contribution in [3.63, 3.8) is 0 Å². The Morgan fingerprint density at radius 3 is 2.67 bits per heavy atom. The SMILES string of the molecule is Cc1ccncc1C(=O)c1ccoc1C. The fraction of sp³-hybridized carbons (Fsp3) is 0.167. The number of carbonyl (C=O) groups excluding carboxylic acids is 1. The maximum absolute atomic E-state index is 12.0. The maximum atomic E-state index is 12.0. The normalized spacial score (nSPS) is 10.3. The molecule has 0 aliphatic rings. The fourth-order valence-corrected chi connectivity index (χ4v) is 1.47. The minimum absolute atomic E-state index is 0.0353. The molecule has 0 saturated heterocycles. The molecular weight excluding hydrogens is 190 g/mol. The van der Waals surface area contributed by atoms with Crippen LogP contribution in [0.1, 0.15) is 27.2 Å². The summed E-state index contributed by atoms with van der Waals surface area (Å²) >= 11 is 0. The molecular formula is C12H11NO2. The zero-order chi connectivity index (χ0) is 10.8. The van der Waals surface area contributed by atoms with Crippen LogP contribution in [0, 0.1) is 13.8 Å². The van der Waals surface area contributed by atoms with Crippen molar-refractivity contribution in [3.8, 4) is 0 Å². The quantitative estimate of drug-likeness (QED) is 0.701. The summed E-state index contributed by atoms with van der Waals surface area (Å²) in [5.41, 5.74) is 2.16. The van der Waals surface area contributed by atoms with Crippen LogP contribution < -0.4 is 0 Å². The molecule has 0 unspecified atom stereocenters. The third-order valence-corrected chi connectivity index (χ3v) is 2.39. The van der Waals surface area contributed by atoms with Crippen LogP contribution in [0.4, 0.5) is 0 Å². The lowest BCUT2D eigenvalue weighted by Gasteiger charge is -2.02. The smallest absolute Gasteiger partial charge is 0.198 e. The van der Waals surface area contributed by atoms with Crippen LogP contribution in [0.2, 0.25) is 0 Å². The summed E-state index contributed by atoms with van der Waals surface area (Å²) in [6.45, 7) is 3.67. The van der Waals surface area contributed by atoms with E-state index in [1.54, 1.807) is 25.4 Å². The maximum Gasteiger partial charge on any atom is 0.198 e. The van der Waals surface area contributed by atoms with Crippen molar-refractivity contribution in [1.29, 1.82) is 0 Å². The van der Waals surface area contributed by atoms with Crippen molar-refractivity contribution in [2.45, 2.75) is 13.8 Å². The third-order valence-electron chi connectivity index (χ3n) is 2.39. The van der Waals surface area contributed by atoms with E-state index in [1.165, 1.54) is 6.26 Å². The lowest BCUT2D eigenvalue weighted by molar-refractivity contribution is 0.103. The van der Waals surface area contributed by atoms with E-state index in [9.17, 15) is 4.79 Å². The summed E-state index contributed by atoms with van der Waals surface area (Å²) in [5.74, 6) is 0.607. The summed E-state index contributed by atoms with van der Waals surface area (Å²) in [6, 6.07) is 3.51. The van der Waals surface area contributed by atoms with Gasteiger partial charge in [-0.1, -0.05) is 0 Å². The van der Waals surface area contributed by atoms with Gasteiger partial charge in [0.25, 0.3) is 0 Å². The number of furan rings is 1. The van der Waals surface area contributed by atoms with Crippen molar-refractivity contribution in [3.05, 3.63) is 53.2 Å². The fourth-order valence-electron chi connectivity index (χ4n) is 1.47. The van der Waals surface area contributed by atoms with Crippen molar-refractivity contribution < 1.29 is 9.21 Å². The second kappa shape index (κ2) is 3.69. The highest BCUT2D eigenvalue weighted by molar-refractivity contribution is 6.10. The summed E-state index contributed by atoms with van der Waals surface area (Å²) in [7, 11) is 0. The Balaban J connectivity index is 2.46. The number of ketones is 1. The molecule has 0 spiro atoms. The van der Waals surface area contributed by atoms with Gasteiger partial charge in [-0.15, -0.1) is 0 Å². The van der Waals surface area contributed by atoms with Crippen LogP contribution in [0.15, 0.2) is 35.2 Å². The molecule has 76 valence electrons. The first-order chi connectivity index (χ1) is 7.20. The summed E-state index contributed by atoms with van der Waals surface area (Å²) in [5, 5.41) is 0. The van der Waals surface area contributed by atoms with Crippen molar-refractivity contribution in [2.75, 3.05) is 0 Å². The number of aryl methyl sites for hydroxylation is 2. The van der Waals surface area contributed by atoms with Gasteiger partial charge in [0.05, 0.1) is 11.8 Å². The molecule has 2 aromatic rings. The van der Waals surface area contributed by atoms with E-state index in [1.807, 2.05) is 13.0 Å². The highest BCUT2D eigenvalue weighted by atomic mass is 16.3. The van der Waals surface area contributed by atoms with Crippen LogP contribution in [0.25, 0.3) is 0 Å². The molecule has 15 heavy (non-hydrogen) atoms. The minimum Gasteiger partial charge on any atom is -0.469 e. The molecule has 2 aromatic heterocycles. The van der Waals surface area contributed by atoms with Crippen LogP contribution in [0.5, 0.6) is 0 Å². The van der Waals surface area contributed by atoms with Crippen LogP contribution >= 0.6 is 0 Å². The van der Waals surface area contributed by atoms with Gasteiger partial charge in [-0.05, 0) is 31.5 Å². The van der Waals surface area contributed by atoms with Crippen LogP contribution in [-0.2, 0) is 0 Å². The van der Waals surface area contributed by atoms with E-state index in [4.69, 9.17) is 4.42 Å². The Morgan fingerprint density at radius 1 is 1.27 bits per heavy atom. The van der Waals surface area contributed by atoms with Gasteiger partial charge >= 0.3 is 0 Å². The van der Waals surface area contributed by atoms with E-state index in [2.05, 4.69) is 4.98 Å². The zero-order valence-electron chi connectivity index (χ0n) is 8.65. The molecule has 0 fully saturated rings. The largest absolute Gasteiger partial charge is 0.469 e. The monoisotopic (exact) mass is 201 g/mol. The highest BCUT2D eigenvalue weighted by Gasteiger charge is 2.15. The Hall–Kier alpha value is -1.90.